The highest BCUT2D eigenvalue weighted by molar-refractivity contribution is 7.22. The quantitative estimate of drug-likeness (QED) is 0.788. The molecule has 2 aromatic rings. The summed E-state index contributed by atoms with van der Waals surface area (Å²) in [4.78, 5) is 19.2. The van der Waals surface area contributed by atoms with Gasteiger partial charge in [-0.05, 0) is 37.8 Å². The van der Waals surface area contributed by atoms with Crippen LogP contribution in [0.5, 0.6) is 5.75 Å². The van der Waals surface area contributed by atoms with Crippen molar-refractivity contribution in [3.8, 4) is 5.75 Å². The minimum atomic E-state index is -0.00956. The van der Waals surface area contributed by atoms with Crippen molar-refractivity contribution in [2.45, 2.75) is 57.2 Å². The van der Waals surface area contributed by atoms with Gasteiger partial charge in [-0.2, -0.15) is 0 Å². The molecule has 28 heavy (non-hydrogen) atoms. The number of piperidine rings is 1. The molecule has 0 unspecified atom stereocenters. The number of thiazole rings is 1. The number of para-hydroxylation sites is 1. The molecule has 1 aliphatic heterocycles. The lowest BCUT2D eigenvalue weighted by Gasteiger charge is -2.34. The predicted octanol–water partition coefficient (Wildman–Crippen LogP) is 4.06. The lowest BCUT2D eigenvalue weighted by molar-refractivity contribution is -0.118. The third-order valence-corrected chi connectivity index (χ3v) is 6.62. The molecular weight excluding hydrogens is 374 g/mol. The Morgan fingerprint density at radius 1 is 1.18 bits per heavy atom. The Labute approximate surface area is 170 Å². The molecule has 7 heteroatoms. The highest BCUT2D eigenvalue weighted by Crippen LogP contribution is 2.32. The summed E-state index contributed by atoms with van der Waals surface area (Å²) in [6.45, 7) is 2.24. The number of likely N-dealkylation sites (tertiary alicyclic amines) is 1. The van der Waals surface area contributed by atoms with E-state index in [1.54, 1.807) is 7.11 Å². The van der Waals surface area contributed by atoms with Gasteiger partial charge in [-0.1, -0.05) is 36.7 Å². The number of hydrogen-bond acceptors (Lipinski definition) is 6. The van der Waals surface area contributed by atoms with E-state index in [1.807, 2.05) is 18.2 Å². The van der Waals surface area contributed by atoms with E-state index in [0.717, 1.165) is 41.9 Å². The van der Waals surface area contributed by atoms with E-state index in [9.17, 15) is 4.79 Å². The van der Waals surface area contributed by atoms with Crippen LogP contribution in [0.1, 0.15) is 44.9 Å². The van der Waals surface area contributed by atoms with Crippen LogP contribution in [0, 0.1) is 0 Å². The Morgan fingerprint density at radius 2 is 1.93 bits per heavy atom. The van der Waals surface area contributed by atoms with Gasteiger partial charge in [0.05, 0.1) is 30.6 Å². The van der Waals surface area contributed by atoms with Crippen molar-refractivity contribution in [3.63, 3.8) is 0 Å². The minimum Gasteiger partial charge on any atom is -0.494 e. The summed E-state index contributed by atoms with van der Waals surface area (Å²) in [6.07, 6.45) is 9.26. The molecule has 1 N–H and O–H groups in total. The van der Waals surface area contributed by atoms with Crippen LogP contribution in [0.25, 0.3) is 10.2 Å². The number of aromatic nitrogens is 1. The molecule has 2 fully saturated rings. The SMILES string of the molecule is COc1cccc2sc(NC(=O)CN3CCC(OC4CCCCC4)CC3)nc12. The van der Waals surface area contributed by atoms with Crippen molar-refractivity contribution < 1.29 is 14.3 Å². The largest absolute Gasteiger partial charge is 0.494 e. The molecule has 4 rings (SSSR count). The van der Waals surface area contributed by atoms with Crippen LogP contribution in [0.15, 0.2) is 18.2 Å². The van der Waals surface area contributed by atoms with Crippen LogP contribution in [-0.2, 0) is 9.53 Å². The lowest BCUT2D eigenvalue weighted by Crippen LogP contribution is -2.42. The molecule has 0 bridgehead atoms. The van der Waals surface area contributed by atoms with Gasteiger partial charge in [-0.3, -0.25) is 9.69 Å². The molecule has 1 saturated carbocycles. The third-order valence-electron chi connectivity index (χ3n) is 5.69. The maximum absolute atomic E-state index is 12.5. The molecule has 2 aliphatic rings. The molecule has 1 aromatic carbocycles. The number of nitrogens with one attached hydrogen (secondary N) is 1. The topological polar surface area (TPSA) is 63.7 Å². The van der Waals surface area contributed by atoms with Crippen molar-refractivity contribution in [1.82, 2.24) is 9.88 Å². The summed E-state index contributed by atoms with van der Waals surface area (Å²) in [6, 6.07) is 5.81. The molecule has 1 aliphatic carbocycles. The number of fused-ring (bicyclic) bond motifs is 1. The number of amides is 1. The number of carbonyl (C=O) groups is 1. The van der Waals surface area contributed by atoms with Gasteiger partial charge in [0.15, 0.2) is 5.13 Å². The zero-order valence-corrected chi connectivity index (χ0v) is 17.3. The number of anilines is 1. The molecule has 0 spiro atoms. The summed E-state index contributed by atoms with van der Waals surface area (Å²) in [5, 5.41) is 3.57. The number of ether oxygens (including phenoxy) is 2. The van der Waals surface area contributed by atoms with Crippen LogP contribution in [0.3, 0.4) is 0 Å². The summed E-state index contributed by atoms with van der Waals surface area (Å²) >= 11 is 1.48. The zero-order valence-electron chi connectivity index (χ0n) is 16.5. The molecule has 0 atom stereocenters. The number of rotatable bonds is 6. The molecule has 1 amide bonds. The summed E-state index contributed by atoms with van der Waals surface area (Å²) in [5.41, 5.74) is 0.797. The number of carbonyl (C=O) groups excluding carboxylic acids is 1. The smallest absolute Gasteiger partial charge is 0.240 e. The highest BCUT2D eigenvalue weighted by Gasteiger charge is 2.25. The van der Waals surface area contributed by atoms with Gasteiger partial charge >= 0.3 is 0 Å². The van der Waals surface area contributed by atoms with Crippen molar-refractivity contribution in [2.24, 2.45) is 0 Å². The lowest BCUT2D eigenvalue weighted by atomic mass is 9.97. The average molecular weight is 404 g/mol. The molecule has 152 valence electrons. The standard InChI is InChI=1S/C21H29N3O3S/c1-26-17-8-5-9-18-20(17)23-21(28-18)22-19(25)14-24-12-10-16(11-13-24)27-15-6-3-2-4-7-15/h5,8-9,15-16H,2-4,6-7,10-14H2,1H3,(H,22,23,25). The van der Waals surface area contributed by atoms with Crippen LogP contribution in [0.4, 0.5) is 5.13 Å². The highest BCUT2D eigenvalue weighted by atomic mass is 32.1. The van der Waals surface area contributed by atoms with Crippen LogP contribution >= 0.6 is 11.3 Å². The molecule has 6 nitrogen and oxygen atoms in total. The number of benzene rings is 1. The van der Waals surface area contributed by atoms with E-state index < -0.39 is 0 Å². The van der Waals surface area contributed by atoms with E-state index in [4.69, 9.17) is 9.47 Å². The normalized spacial score (nSPS) is 19.8. The van der Waals surface area contributed by atoms with E-state index in [-0.39, 0.29) is 5.91 Å². The minimum absolute atomic E-state index is 0.00956. The Kier molecular flexibility index (Phi) is 6.44. The van der Waals surface area contributed by atoms with Gasteiger partial charge in [-0.15, -0.1) is 0 Å². The first-order valence-corrected chi connectivity index (χ1v) is 11.1. The van der Waals surface area contributed by atoms with Gasteiger partial charge in [0.2, 0.25) is 5.91 Å². The molecule has 1 saturated heterocycles. The van der Waals surface area contributed by atoms with E-state index in [0.29, 0.717) is 23.9 Å². The van der Waals surface area contributed by atoms with E-state index >= 15 is 0 Å². The molecule has 1 aromatic heterocycles. The first-order chi connectivity index (χ1) is 13.7. The van der Waals surface area contributed by atoms with Crippen molar-refractivity contribution in [2.75, 3.05) is 32.1 Å². The number of methoxy groups -OCH3 is 1. The molecule has 2 heterocycles. The first-order valence-electron chi connectivity index (χ1n) is 10.3. The summed E-state index contributed by atoms with van der Waals surface area (Å²) in [7, 11) is 1.63. The van der Waals surface area contributed by atoms with Gasteiger partial charge in [0.25, 0.3) is 0 Å². The maximum Gasteiger partial charge on any atom is 0.240 e. The van der Waals surface area contributed by atoms with Crippen molar-refractivity contribution >= 4 is 32.6 Å². The predicted molar refractivity (Wildman–Crippen MR) is 112 cm³/mol. The first kappa shape index (κ1) is 19.6. The average Bonchev–Trinajstić information content (AvgIpc) is 3.12. The van der Waals surface area contributed by atoms with Gasteiger partial charge in [-0.25, -0.2) is 4.98 Å². The van der Waals surface area contributed by atoms with Gasteiger partial charge in [0.1, 0.15) is 11.3 Å². The Bertz CT molecular complexity index is 795. The third kappa shape index (κ3) is 4.82. The summed E-state index contributed by atoms with van der Waals surface area (Å²) in [5.74, 6) is 0.721. The fourth-order valence-electron chi connectivity index (χ4n) is 4.18. The van der Waals surface area contributed by atoms with Crippen molar-refractivity contribution in [1.29, 1.82) is 0 Å². The number of hydrogen-bond donors (Lipinski definition) is 1. The fourth-order valence-corrected chi connectivity index (χ4v) is 5.08. The molecule has 0 radical (unpaired) electrons. The van der Waals surface area contributed by atoms with E-state index in [2.05, 4.69) is 15.2 Å². The Hall–Kier alpha value is -1.70. The second-order valence-electron chi connectivity index (χ2n) is 7.75. The van der Waals surface area contributed by atoms with Crippen molar-refractivity contribution in [3.05, 3.63) is 18.2 Å². The summed E-state index contributed by atoms with van der Waals surface area (Å²) < 4.78 is 12.6. The maximum atomic E-state index is 12.5. The van der Waals surface area contributed by atoms with Crippen LogP contribution in [-0.4, -0.2) is 54.7 Å². The van der Waals surface area contributed by atoms with Crippen LogP contribution < -0.4 is 10.1 Å². The second-order valence-corrected chi connectivity index (χ2v) is 8.78. The Balaban J connectivity index is 1.24. The Morgan fingerprint density at radius 3 is 2.68 bits per heavy atom. The number of nitrogens with zero attached hydrogens (tertiary/aromatic N) is 2. The van der Waals surface area contributed by atoms with E-state index in [1.165, 1.54) is 43.4 Å². The van der Waals surface area contributed by atoms with Crippen LogP contribution in [0.2, 0.25) is 0 Å². The second kappa shape index (κ2) is 9.20. The fraction of sp³-hybridized carbons (Fsp3) is 0.619. The zero-order chi connectivity index (χ0) is 19.3. The van der Waals surface area contributed by atoms with Gasteiger partial charge in [0, 0.05) is 13.1 Å². The molecular formula is C21H29N3O3S. The van der Waals surface area contributed by atoms with Gasteiger partial charge < -0.3 is 14.8 Å². The monoisotopic (exact) mass is 403 g/mol.